The van der Waals surface area contributed by atoms with E-state index in [0.717, 1.165) is 24.7 Å². The van der Waals surface area contributed by atoms with Gasteiger partial charge in [0.25, 0.3) is 0 Å². The molecule has 0 saturated heterocycles. The zero-order valence-electron chi connectivity index (χ0n) is 11.1. The summed E-state index contributed by atoms with van der Waals surface area (Å²) < 4.78 is 0. The van der Waals surface area contributed by atoms with Gasteiger partial charge in [-0.15, -0.1) is 0 Å². The normalized spacial score (nSPS) is 24.8. The monoisotopic (exact) mass is 229 g/mol. The van der Waals surface area contributed by atoms with Crippen LogP contribution in [0.5, 0.6) is 0 Å². The van der Waals surface area contributed by atoms with Crippen molar-refractivity contribution in [2.45, 2.75) is 57.8 Å². The average Bonchev–Trinajstić information content (AvgIpc) is 2.40. The van der Waals surface area contributed by atoms with E-state index in [9.17, 15) is 0 Å². The van der Waals surface area contributed by atoms with Gasteiger partial charge < -0.3 is 0 Å². The van der Waals surface area contributed by atoms with Gasteiger partial charge in [0.15, 0.2) is 0 Å². The lowest BCUT2D eigenvalue weighted by atomic mass is 9.76. The Bertz CT molecular complexity index is 332. The highest BCUT2D eigenvalue weighted by Gasteiger charge is 2.22. The lowest BCUT2D eigenvalue weighted by molar-refractivity contribution is 0.318. The molecule has 1 radical (unpaired) electrons. The second kappa shape index (κ2) is 6.23. The Morgan fingerprint density at radius 1 is 1.12 bits per heavy atom. The molecular formula is C17H25. The van der Waals surface area contributed by atoms with Crippen molar-refractivity contribution in [1.29, 1.82) is 0 Å². The molecule has 0 heteroatoms. The minimum Gasteiger partial charge on any atom is -0.0651 e. The molecule has 0 aromatic heterocycles. The lowest BCUT2D eigenvalue weighted by Crippen LogP contribution is -2.13. The average molecular weight is 229 g/mol. The third-order valence-corrected chi connectivity index (χ3v) is 4.37. The maximum Gasteiger partial charge on any atom is -0.0159 e. The van der Waals surface area contributed by atoms with Gasteiger partial charge in [-0.1, -0.05) is 44.5 Å². The van der Waals surface area contributed by atoms with Gasteiger partial charge >= 0.3 is 0 Å². The summed E-state index contributed by atoms with van der Waals surface area (Å²) in [5.41, 5.74) is 3.16. The Hall–Kier alpha value is -0.780. The SMILES string of the molecule is [CH2]CCc1ccccc1C1CCC(CC)CC1. The molecule has 0 heterocycles. The summed E-state index contributed by atoms with van der Waals surface area (Å²) >= 11 is 0. The Kier molecular flexibility index (Phi) is 4.65. The molecule has 0 nitrogen and oxygen atoms in total. The highest BCUT2D eigenvalue weighted by atomic mass is 14.3. The lowest BCUT2D eigenvalue weighted by Gasteiger charge is -2.29. The predicted octanol–water partition coefficient (Wildman–Crippen LogP) is 5.14. The molecule has 0 spiro atoms. The van der Waals surface area contributed by atoms with Gasteiger partial charge in [0, 0.05) is 0 Å². The van der Waals surface area contributed by atoms with Crippen molar-refractivity contribution in [3.8, 4) is 0 Å². The van der Waals surface area contributed by atoms with Crippen molar-refractivity contribution < 1.29 is 0 Å². The van der Waals surface area contributed by atoms with Gasteiger partial charge in [-0.3, -0.25) is 0 Å². The second-order valence-electron chi connectivity index (χ2n) is 5.43. The summed E-state index contributed by atoms with van der Waals surface area (Å²) in [5.74, 6) is 1.81. The van der Waals surface area contributed by atoms with Crippen LogP contribution in [0.2, 0.25) is 0 Å². The molecule has 0 unspecified atom stereocenters. The van der Waals surface area contributed by atoms with Gasteiger partial charge in [-0.05, 0) is 61.5 Å². The number of hydrogen-bond acceptors (Lipinski definition) is 0. The van der Waals surface area contributed by atoms with Gasteiger partial charge in [0.2, 0.25) is 0 Å². The molecular weight excluding hydrogens is 204 g/mol. The van der Waals surface area contributed by atoms with E-state index in [0.29, 0.717) is 0 Å². The summed E-state index contributed by atoms with van der Waals surface area (Å²) in [5, 5.41) is 0. The number of benzene rings is 1. The molecule has 1 aromatic carbocycles. The largest absolute Gasteiger partial charge is 0.0651 e. The molecule has 1 saturated carbocycles. The Labute approximate surface area is 106 Å². The van der Waals surface area contributed by atoms with Crippen molar-refractivity contribution in [1.82, 2.24) is 0 Å². The van der Waals surface area contributed by atoms with E-state index in [4.69, 9.17) is 0 Å². The zero-order valence-corrected chi connectivity index (χ0v) is 11.1. The van der Waals surface area contributed by atoms with E-state index in [2.05, 4.69) is 38.1 Å². The van der Waals surface area contributed by atoms with Crippen LogP contribution < -0.4 is 0 Å². The van der Waals surface area contributed by atoms with Crippen LogP contribution >= 0.6 is 0 Å². The van der Waals surface area contributed by atoms with Gasteiger partial charge in [0.1, 0.15) is 0 Å². The number of aryl methyl sites for hydroxylation is 1. The summed E-state index contributed by atoms with van der Waals surface area (Å²) in [4.78, 5) is 0. The number of rotatable bonds is 4. The first-order valence-electron chi connectivity index (χ1n) is 7.22. The second-order valence-corrected chi connectivity index (χ2v) is 5.43. The molecule has 0 bridgehead atoms. The molecule has 1 aliphatic rings. The standard InChI is InChI=1S/C17H25/c1-3-7-15-8-5-6-9-17(15)16-12-10-14(4-2)11-13-16/h5-6,8-9,14,16H,1,3-4,7,10-13H2,2H3. The van der Waals surface area contributed by atoms with Crippen molar-refractivity contribution in [3.05, 3.63) is 42.3 Å². The van der Waals surface area contributed by atoms with Gasteiger partial charge in [-0.2, -0.15) is 0 Å². The third kappa shape index (κ3) is 3.12. The van der Waals surface area contributed by atoms with Crippen LogP contribution in [-0.4, -0.2) is 0 Å². The molecule has 1 aliphatic carbocycles. The quantitative estimate of drug-likeness (QED) is 0.671. The fraction of sp³-hybridized carbons (Fsp3) is 0.588. The molecule has 0 atom stereocenters. The van der Waals surface area contributed by atoms with Crippen molar-refractivity contribution in [2.24, 2.45) is 5.92 Å². The van der Waals surface area contributed by atoms with Gasteiger partial charge in [-0.25, -0.2) is 0 Å². The van der Waals surface area contributed by atoms with Crippen LogP contribution in [-0.2, 0) is 6.42 Å². The molecule has 93 valence electrons. The first-order valence-corrected chi connectivity index (χ1v) is 7.22. The van der Waals surface area contributed by atoms with E-state index < -0.39 is 0 Å². The summed E-state index contributed by atoms with van der Waals surface area (Å²) in [6.07, 6.45) is 9.18. The molecule has 0 N–H and O–H groups in total. The van der Waals surface area contributed by atoms with Crippen molar-refractivity contribution >= 4 is 0 Å². The predicted molar refractivity (Wildman–Crippen MR) is 75.1 cm³/mol. The third-order valence-electron chi connectivity index (χ3n) is 4.37. The van der Waals surface area contributed by atoms with Gasteiger partial charge in [0.05, 0.1) is 0 Å². The van der Waals surface area contributed by atoms with Crippen molar-refractivity contribution in [2.75, 3.05) is 0 Å². The summed E-state index contributed by atoms with van der Waals surface area (Å²) in [6, 6.07) is 9.02. The minimum atomic E-state index is 0.820. The first kappa shape index (κ1) is 12.7. The topological polar surface area (TPSA) is 0 Å². The van der Waals surface area contributed by atoms with Crippen molar-refractivity contribution in [3.63, 3.8) is 0 Å². The maximum atomic E-state index is 3.99. The molecule has 1 fully saturated rings. The van der Waals surface area contributed by atoms with Crippen LogP contribution in [0.15, 0.2) is 24.3 Å². The van der Waals surface area contributed by atoms with Crippen LogP contribution in [0.1, 0.15) is 62.5 Å². The number of hydrogen-bond donors (Lipinski definition) is 0. The first-order chi connectivity index (χ1) is 8.35. The Morgan fingerprint density at radius 3 is 2.47 bits per heavy atom. The Morgan fingerprint density at radius 2 is 1.82 bits per heavy atom. The van der Waals surface area contributed by atoms with Crippen LogP contribution in [0.25, 0.3) is 0 Å². The van der Waals surface area contributed by atoms with E-state index in [1.54, 1.807) is 11.1 Å². The molecule has 0 amide bonds. The molecule has 0 aliphatic heterocycles. The maximum absolute atomic E-state index is 3.99. The van der Waals surface area contributed by atoms with Crippen LogP contribution in [0, 0.1) is 12.8 Å². The molecule has 17 heavy (non-hydrogen) atoms. The molecule has 2 rings (SSSR count). The fourth-order valence-corrected chi connectivity index (χ4v) is 3.23. The smallest absolute Gasteiger partial charge is 0.0159 e. The minimum absolute atomic E-state index is 0.820. The van der Waals surface area contributed by atoms with E-state index in [1.165, 1.54) is 32.1 Å². The van der Waals surface area contributed by atoms with E-state index >= 15 is 0 Å². The summed E-state index contributed by atoms with van der Waals surface area (Å²) in [6.45, 7) is 6.33. The highest BCUT2D eigenvalue weighted by molar-refractivity contribution is 5.31. The van der Waals surface area contributed by atoms with Crippen LogP contribution in [0.4, 0.5) is 0 Å². The highest BCUT2D eigenvalue weighted by Crippen LogP contribution is 2.38. The fourth-order valence-electron chi connectivity index (χ4n) is 3.23. The molecule has 1 aromatic rings. The van der Waals surface area contributed by atoms with E-state index in [1.807, 2.05) is 0 Å². The summed E-state index contributed by atoms with van der Waals surface area (Å²) in [7, 11) is 0. The van der Waals surface area contributed by atoms with Crippen LogP contribution in [0.3, 0.4) is 0 Å². The Balaban J connectivity index is 2.07. The zero-order chi connectivity index (χ0) is 12.1. The van der Waals surface area contributed by atoms with E-state index in [-0.39, 0.29) is 0 Å².